The van der Waals surface area contributed by atoms with Crippen molar-refractivity contribution in [3.63, 3.8) is 0 Å². The molecule has 9 heteroatoms. The molecule has 0 saturated carbocycles. The van der Waals surface area contributed by atoms with E-state index in [1.807, 2.05) is 18.2 Å². The molecule has 2 aliphatic heterocycles. The van der Waals surface area contributed by atoms with Crippen LogP contribution in [0.1, 0.15) is 30.4 Å². The number of carbonyl (C=O) groups excluding carboxylic acids is 2. The molecule has 0 bridgehead atoms. The Morgan fingerprint density at radius 3 is 2.47 bits per heavy atom. The summed E-state index contributed by atoms with van der Waals surface area (Å²) in [7, 11) is 1.59. The van der Waals surface area contributed by atoms with Crippen LogP contribution in [0.25, 0.3) is 6.08 Å². The number of rotatable bonds is 6. The maximum Gasteiger partial charge on any atom is 0.293 e. The quantitative estimate of drug-likeness (QED) is 0.351. The highest BCUT2D eigenvalue weighted by atomic mass is 32.2. The van der Waals surface area contributed by atoms with Crippen molar-refractivity contribution in [1.29, 1.82) is 0 Å². The predicted octanol–water partition coefficient (Wildman–Crippen LogP) is 4.83. The minimum Gasteiger partial charge on any atom is -0.496 e. The fourth-order valence-corrected chi connectivity index (χ4v) is 4.68. The van der Waals surface area contributed by atoms with E-state index in [0.29, 0.717) is 16.2 Å². The first-order valence-corrected chi connectivity index (χ1v) is 11.2. The first-order chi connectivity index (χ1) is 15.5. The lowest BCUT2D eigenvalue weighted by Gasteiger charge is -2.29. The van der Waals surface area contributed by atoms with Gasteiger partial charge in [0.2, 0.25) is 0 Å². The van der Waals surface area contributed by atoms with Gasteiger partial charge in [-0.05, 0) is 54.8 Å². The molecular weight excluding hydrogens is 430 g/mol. The molecule has 2 heterocycles. The molecule has 8 nitrogen and oxygen atoms in total. The fraction of sp³-hybridized carbons (Fsp3) is 0.304. The van der Waals surface area contributed by atoms with Crippen molar-refractivity contribution < 1.29 is 19.2 Å². The molecule has 0 spiro atoms. The number of hydrogen-bond donors (Lipinski definition) is 0. The van der Waals surface area contributed by atoms with E-state index in [1.165, 1.54) is 31.4 Å². The number of thioether (sulfide) groups is 1. The first-order valence-electron chi connectivity index (χ1n) is 10.4. The Labute approximate surface area is 190 Å². The molecule has 0 aliphatic carbocycles. The molecule has 2 saturated heterocycles. The zero-order chi connectivity index (χ0) is 22.7. The van der Waals surface area contributed by atoms with Crippen molar-refractivity contribution in [2.45, 2.75) is 25.8 Å². The van der Waals surface area contributed by atoms with Crippen LogP contribution in [0.15, 0.2) is 47.4 Å². The number of methoxy groups -OCH3 is 1. The second kappa shape index (κ2) is 9.44. The van der Waals surface area contributed by atoms with Crippen molar-refractivity contribution in [2.75, 3.05) is 25.1 Å². The van der Waals surface area contributed by atoms with E-state index in [4.69, 9.17) is 4.74 Å². The molecule has 2 aromatic rings. The summed E-state index contributed by atoms with van der Waals surface area (Å²) in [6, 6.07) is 11.7. The van der Waals surface area contributed by atoms with E-state index in [2.05, 4.69) is 4.90 Å². The van der Waals surface area contributed by atoms with Crippen LogP contribution < -0.4 is 9.64 Å². The molecule has 0 radical (unpaired) electrons. The number of ether oxygens (including phenoxy) is 1. The summed E-state index contributed by atoms with van der Waals surface area (Å²) in [5.41, 5.74) is 2.42. The second-order valence-corrected chi connectivity index (χ2v) is 8.66. The molecule has 2 fully saturated rings. The monoisotopic (exact) mass is 453 g/mol. The molecule has 0 unspecified atom stereocenters. The summed E-state index contributed by atoms with van der Waals surface area (Å²) in [6.45, 7) is 2.10. The SMILES string of the molecule is COc1cc(N2CCCCC2)ccc1/C=C1\SC(=O)N(Cc2ccc([N+](=O)[O-])cc2)C1=O. The molecule has 2 aliphatic rings. The Bertz CT molecular complexity index is 1080. The van der Waals surface area contributed by atoms with Gasteiger partial charge < -0.3 is 9.64 Å². The molecule has 32 heavy (non-hydrogen) atoms. The fourth-order valence-electron chi connectivity index (χ4n) is 3.85. The third-order valence-corrected chi connectivity index (χ3v) is 6.49. The minimum absolute atomic E-state index is 0.0390. The van der Waals surface area contributed by atoms with Crippen LogP contribution in [0.4, 0.5) is 16.2 Å². The average molecular weight is 454 g/mol. The molecule has 0 atom stereocenters. The van der Waals surface area contributed by atoms with E-state index in [1.54, 1.807) is 25.3 Å². The molecule has 4 rings (SSSR count). The van der Waals surface area contributed by atoms with Crippen LogP contribution in [0.3, 0.4) is 0 Å². The third-order valence-electron chi connectivity index (χ3n) is 5.59. The van der Waals surface area contributed by atoms with Crippen LogP contribution >= 0.6 is 11.8 Å². The number of nitro groups is 1. The van der Waals surface area contributed by atoms with Crippen LogP contribution in [0.2, 0.25) is 0 Å². The normalized spacial score (nSPS) is 17.8. The van der Waals surface area contributed by atoms with E-state index < -0.39 is 4.92 Å². The van der Waals surface area contributed by atoms with Crippen LogP contribution in [0.5, 0.6) is 5.75 Å². The van der Waals surface area contributed by atoms with Crippen molar-refractivity contribution in [2.24, 2.45) is 0 Å². The Morgan fingerprint density at radius 1 is 1.09 bits per heavy atom. The van der Waals surface area contributed by atoms with Crippen molar-refractivity contribution in [3.8, 4) is 5.75 Å². The van der Waals surface area contributed by atoms with Gasteiger partial charge in [-0.1, -0.05) is 12.1 Å². The summed E-state index contributed by atoms with van der Waals surface area (Å²) in [4.78, 5) is 39.4. The summed E-state index contributed by atoms with van der Waals surface area (Å²) >= 11 is 0.880. The predicted molar refractivity (Wildman–Crippen MR) is 124 cm³/mol. The summed E-state index contributed by atoms with van der Waals surface area (Å²) in [5.74, 6) is 0.260. The zero-order valence-electron chi connectivity index (χ0n) is 17.7. The molecule has 166 valence electrons. The summed E-state index contributed by atoms with van der Waals surface area (Å²) < 4.78 is 5.56. The number of piperidine rings is 1. The number of carbonyl (C=O) groups is 2. The van der Waals surface area contributed by atoms with Gasteiger partial charge in [0, 0.05) is 42.5 Å². The average Bonchev–Trinajstić information content (AvgIpc) is 3.07. The van der Waals surface area contributed by atoms with E-state index in [-0.39, 0.29) is 23.4 Å². The number of nitrogens with zero attached hydrogens (tertiary/aromatic N) is 3. The van der Waals surface area contributed by atoms with Crippen LogP contribution in [0, 0.1) is 10.1 Å². The van der Waals surface area contributed by atoms with Gasteiger partial charge in [0.25, 0.3) is 16.8 Å². The number of imide groups is 1. The summed E-state index contributed by atoms with van der Waals surface area (Å²) in [5, 5.41) is 10.4. The van der Waals surface area contributed by atoms with Gasteiger partial charge >= 0.3 is 0 Å². The second-order valence-electron chi connectivity index (χ2n) is 7.67. The lowest BCUT2D eigenvalue weighted by Crippen LogP contribution is -2.29. The number of nitro benzene ring substituents is 1. The topological polar surface area (TPSA) is 93.0 Å². The van der Waals surface area contributed by atoms with Gasteiger partial charge in [0.15, 0.2) is 0 Å². The maximum absolute atomic E-state index is 12.9. The Hall–Kier alpha value is -3.33. The van der Waals surface area contributed by atoms with Gasteiger partial charge in [-0.3, -0.25) is 24.6 Å². The Balaban J connectivity index is 1.52. The van der Waals surface area contributed by atoms with Crippen LogP contribution in [-0.4, -0.2) is 41.2 Å². The number of benzene rings is 2. The van der Waals surface area contributed by atoms with Gasteiger partial charge in [0.1, 0.15) is 5.75 Å². The first kappa shape index (κ1) is 21.9. The van der Waals surface area contributed by atoms with Gasteiger partial charge in [-0.15, -0.1) is 0 Å². The van der Waals surface area contributed by atoms with Gasteiger partial charge in [-0.2, -0.15) is 0 Å². The molecule has 0 aromatic heterocycles. The summed E-state index contributed by atoms with van der Waals surface area (Å²) in [6.07, 6.45) is 5.28. The minimum atomic E-state index is -0.490. The largest absolute Gasteiger partial charge is 0.496 e. The molecule has 0 N–H and O–H groups in total. The lowest BCUT2D eigenvalue weighted by atomic mass is 10.1. The number of non-ortho nitro benzene ring substituents is 1. The van der Waals surface area contributed by atoms with Crippen molar-refractivity contribution in [3.05, 3.63) is 68.6 Å². The molecule has 2 aromatic carbocycles. The molecular formula is C23H23N3O5S. The van der Waals surface area contributed by atoms with Crippen LogP contribution in [-0.2, 0) is 11.3 Å². The van der Waals surface area contributed by atoms with E-state index >= 15 is 0 Å². The smallest absolute Gasteiger partial charge is 0.293 e. The number of hydrogen-bond acceptors (Lipinski definition) is 7. The standard InChI is InChI=1S/C23H23N3O5S/c1-31-20-14-19(24-11-3-2-4-12-24)10-7-17(20)13-21-22(27)25(23(28)32-21)15-16-5-8-18(9-6-16)26(29)30/h5-10,13-14H,2-4,11-12,15H2,1H3/b21-13-. The van der Waals surface area contributed by atoms with Gasteiger partial charge in [0.05, 0.1) is 23.5 Å². The van der Waals surface area contributed by atoms with Crippen molar-refractivity contribution >= 4 is 40.4 Å². The highest BCUT2D eigenvalue weighted by Crippen LogP contribution is 2.36. The zero-order valence-corrected chi connectivity index (χ0v) is 18.5. The Morgan fingerprint density at radius 2 is 1.81 bits per heavy atom. The number of anilines is 1. The molecule has 2 amide bonds. The third kappa shape index (κ3) is 4.62. The van der Waals surface area contributed by atoms with E-state index in [0.717, 1.165) is 41.0 Å². The van der Waals surface area contributed by atoms with E-state index in [9.17, 15) is 19.7 Å². The number of amides is 2. The highest BCUT2D eigenvalue weighted by molar-refractivity contribution is 8.18. The highest BCUT2D eigenvalue weighted by Gasteiger charge is 2.35. The van der Waals surface area contributed by atoms with Crippen molar-refractivity contribution in [1.82, 2.24) is 4.90 Å². The maximum atomic E-state index is 12.9. The Kier molecular flexibility index (Phi) is 6.45. The lowest BCUT2D eigenvalue weighted by molar-refractivity contribution is -0.384. The van der Waals surface area contributed by atoms with Gasteiger partial charge in [-0.25, -0.2) is 0 Å².